The molecule has 2 rings (SSSR count). The summed E-state index contributed by atoms with van der Waals surface area (Å²) in [6.07, 6.45) is -1.93. The predicted octanol–water partition coefficient (Wildman–Crippen LogP) is 4.96. The van der Waals surface area contributed by atoms with Crippen LogP contribution in [0.25, 0.3) is 0 Å². The third-order valence-corrected chi connectivity index (χ3v) is 4.97. The van der Waals surface area contributed by atoms with E-state index < -0.39 is 35.9 Å². The molecule has 0 radical (unpaired) electrons. The SMILES string of the molecule is CC(C=C(F)B1OC(C)(C)C(C)(C)O1)(COCc1ccccc1)C(F)F. The van der Waals surface area contributed by atoms with Crippen LogP contribution in [0.3, 0.4) is 0 Å². The molecular formula is C19H26BF3O3. The minimum absolute atomic E-state index is 0.176. The molecule has 1 heterocycles. The lowest BCUT2D eigenvalue weighted by Crippen LogP contribution is -2.41. The van der Waals surface area contributed by atoms with E-state index >= 15 is 0 Å². The van der Waals surface area contributed by atoms with Gasteiger partial charge in [0.1, 0.15) is 5.73 Å². The number of alkyl halides is 2. The van der Waals surface area contributed by atoms with Crippen molar-refractivity contribution in [3.63, 3.8) is 0 Å². The van der Waals surface area contributed by atoms with E-state index in [9.17, 15) is 13.2 Å². The largest absolute Gasteiger partial charge is 0.524 e. The van der Waals surface area contributed by atoms with E-state index in [0.29, 0.717) is 0 Å². The van der Waals surface area contributed by atoms with Crippen molar-refractivity contribution in [3.8, 4) is 0 Å². The van der Waals surface area contributed by atoms with E-state index in [4.69, 9.17) is 14.0 Å². The molecular weight excluding hydrogens is 344 g/mol. The maximum absolute atomic E-state index is 14.6. The first-order valence-corrected chi connectivity index (χ1v) is 8.60. The normalized spacial score (nSPS) is 21.9. The molecule has 0 spiro atoms. The summed E-state index contributed by atoms with van der Waals surface area (Å²) in [7, 11) is -1.30. The molecule has 3 nitrogen and oxygen atoms in total. The summed E-state index contributed by atoms with van der Waals surface area (Å²) in [5, 5.41) is 0. The Balaban J connectivity index is 2.07. The molecule has 0 amide bonds. The lowest BCUT2D eigenvalue weighted by Gasteiger charge is -2.32. The van der Waals surface area contributed by atoms with Gasteiger partial charge >= 0.3 is 7.12 Å². The first-order chi connectivity index (χ1) is 12.0. The summed E-state index contributed by atoms with van der Waals surface area (Å²) in [5.41, 5.74) is -3.28. The summed E-state index contributed by atoms with van der Waals surface area (Å²) in [4.78, 5) is 0. The second kappa shape index (κ2) is 7.75. The second-order valence-corrected chi connectivity index (χ2v) is 7.90. The van der Waals surface area contributed by atoms with Crippen LogP contribution in [0.15, 0.2) is 42.1 Å². The fourth-order valence-corrected chi connectivity index (χ4v) is 2.47. The molecule has 0 N–H and O–H groups in total. The molecule has 1 fully saturated rings. The summed E-state index contributed by atoms with van der Waals surface area (Å²) in [6, 6.07) is 9.20. The van der Waals surface area contributed by atoms with Gasteiger partial charge < -0.3 is 14.0 Å². The van der Waals surface area contributed by atoms with Gasteiger partial charge in [-0.2, -0.15) is 0 Å². The van der Waals surface area contributed by atoms with Crippen LogP contribution in [0.5, 0.6) is 0 Å². The van der Waals surface area contributed by atoms with Gasteiger partial charge in [-0.1, -0.05) is 30.3 Å². The fourth-order valence-electron chi connectivity index (χ4n) is 2.47. The summed E-state index contributed by atoms with van der Waals surface area (Å²) < 4.78 is 58.4. The maximum Gasteiger partial charge on any atom is 0.524 e. The zero-order valence-electron chi connectivity index (χ0n) is 15.9. The van der Waals surface area contributed by atoms with Crippen LogP contribution in [-0.4, -0.2) is 31.4 Å². The Morgan fingerprint density at radius 3 is 2.19 bits per heavy atom. The molecule has 0 saturated carbocycles. The van der Waals surface area contributed by atoms with Crippen LogP contribution < -0.4 is 0 Å². The summed E-state index contributed by atoms with van der Waals surface area (Å²) in [5.74, 6) is 0. The molecule has 7 heteroatoms. The quantitative estimate of drug-likeness (QED) is 0.635. The van der Waals surface area contributed by atoms with E-state index in [1.54, 1.807) is 27.7 Å². The highest BCUT2D eigenvalue weighted by Gasteiger charge is 2.53. The van der Waals surface area contributed by atoms with Gasteiger partial charge in [0.05, 0.1) is 29.8 Å². The number of benzene rings is 1. The van der Waals surface area contributed by atoms with Crippen molar-refractivity contribution in [2.24, 2.45) is 5.41 Å². The van der Waals surface area contributed by atoms with Gasteiger partial charge in [0.25, 0.3) is 0 Å². The van der Waals surface area contributed by atoms with E-state index in [0.717, 1.165) is 11.6 Å². The topological polar surface area (TPSA) is 27.7 Å². The number of hydrogen-bond donors (Lipinski definition) is 0. The average molecular weight is 370 g/mol. The Bertz CT molecular complexity index is 618. The maximum atomic E-state index is 14.6. The molecule has 26 heavy (non-hydrogen) atoms. The van der Waals surface area contributed by atoms with E-state index in [1.807, 2.05) is 30.3 Å². The first-order valence-electron chi connectivity index (χ1n) is 8.60. The molecule has 144 valence electrons. The van der Waals surface area contributed by atoms with Crippen molar-refractivity contribution < 1.29 is 27.2 Å². The van der Waals surface area contributed by atoms with Gasteiger partial charge in [0, 0.05) is 0 Å². The molecule has 0 bridgehead atoms. The van der Waals surface area contributed by atoms with Gasteiger partial charge in [-0.15, -0.1) is 0 Å². The Morgan fingerprint density at radius 1 is 1.15 bits per heavy atom. The standard InChI is InChI=1S/C19H26BF3O3/c1-17(2)18(3,4)26-20(25-17)15(21)11-19(5,16(22)23)13-24-12-14-9-7-6-8-10-14/h6-11,16H,12-13H2,1-5H3. The lowest BCUT2D eigenvalue weighted by atomic mass is 9.81. The van der Waals surface area contributed by atoms with Crippen LogP contribution in [-0.2, 0) is 20.7 Å². The van der Waals surface area contributed by atoms with Gasteiger partial charge in [0.2, 0.25) is 6.43 Å². The Morgan fingerprint density at radius 2 is 1.69 bits per heavy atom. The van der Waals surface area contributed by atoms with Crippen LogP contribution in [0, 0.1) is 5.41 Å². The van der Waals surface area contributed by atoms with Crippen molar-refractivity contribution in [1.82, 2.24) is 0 Å². The Labute approximate surface area is 153 Å². The minimum Gasteiger partial charge on any atom is -0.398 e. The zero-order valence-corrected chi connectivity index (χ0v) is 15.9. The Hall–Kier alpha value is -1.31. The third kappa shape index (κ3) is 4.70. The Kier molecular flexibility index (Phi) is 6.26. The smallest absolute Gasteiger partial charge is 0.398 e. The van der Waals surface area contributed by atoms with Crippen molar-refractivity contribution in [2.75, 3.05) is 6.61 Å². The number of hydrogen-bond acceptors (Lipinski definition) is 3. The van der Waals surface area contributed by atoms with Gasteiger partial charge in [0.15, 0.2) is 0 Å². The molecule has 1 saturated heterocycles. The van der Waals surface area contributed by atoms with Gasteiger partial charge in [-0.05, 0) is 46.3 Å². The summed E-state index contributed by atoms with van der Waals surface area (Å²) >= 11 is 0. The predicted molar refractivity (Wildman–Crippen MR) is 95.5 cm³/mol. The molecule has 1 aliphatic heterocycles. The second-order valence-electron chi connectivity index (χ2n) is 7.90. The van der Waals surface area contributed by atoms with E-state index in [-0.39, 0.29) is 13.2 Å². The van der Waals surface area contributed by atoms with Crippen molar-refractivity contribution >= 4 is 7.12 Å². The molecule has 0 aliphatic carbocycles. The molecule has 0 aromatic heterocycles. The molecule has 1 aromatic carbocycles. The number of halogens is 3. The highest BCUT2D eigenvalue weighted by molar-refractivity contribution is 6.53. The van der Waals surface area contributed by atoms with Crippen LogP contribution in [0.4, 0.5) is 13.2 Å². The van der Waals surface area contributed by atoms with Gasteiger partial charge in [-0.3, -0.25) is 0 Å². The first kappa shape index (κ1) is 21.0. The molecule has 1 unspecified atom stereocenters. The number of rotatable bonds is 7. The fraction of sp³-hybridized carbons (Fsp3) is 0.579. The summed E-state index contributed by atoms with van der Waals surface area (Å²) in [6.45, 7) is 8.20. The average Bonchev–Trinajstić information content (AvgIpc) is 2.76. The number of ether oxygens (including phenoxy) is 1. The highest BCUT2D eigenvalue weighted by atomic mass is 19.3. The molecule has 1 atom stereocenters. The van der Waals surface area contributed by atoms with Crippen LogP contribution in [0.1, 0.15) is 40.2 Å². The third-order valence-electron chi connectivity index (χ3n) is 4.97. The molecule has 1 aliphatic rings. The zero-order chi connectivity index (χ0) is 19.6. The monoisotopic (exact) mass is 370 g/mol. The molecule has 1 aromatic rings. The van der Waals surface area contributed by atoms with Crippen molar-refractivity contribution in [1.29, 1.82) is 0 Å². The van der Waals surface area contributed by atoms with Crippen molar-refractivity contribution in [2.45, 2.75) is 58.9 Å². The van der Waals surface area contributed by atoms with Crippen LogP contribution in [0.2, 0.25) is 0 Å². The van der Waals surface area contributed by atoms with E-state index in [1.165, 1.54) is 6.92 Å². The minimum atomic E-state index is -2.80. The van der Waals surface area contributed by atoms with Crippen LogP contribution >= 0.6 is 0 Å². The van der Waals surface area contributed by atoms with Crippen molar-refractivity contribution in [3.05, 3.63) is 47.7 Å². The van der Waals surface area contributed by atoms with E-state index in [2.05, 4.69) is 0 Å². The van der Waals surface area contributed by atoms with Gasteiger partial charge in [-0.25, -0.2) is 13.2 Å². The lowest BCUT2D eigenvalue weighted by molar-refractivity contribution is -0.0317. The highest BCUT2D eigenvalue weighted by Crippen LogP contribution is 2.40.